The molecule has 3 aromatic rings. The largest absolute Gasteiger partial charge is 0.482 e. The Bertz CT molecular complexity index is 1160. The number of anilines is 1. The maximum atomic E-state index is 13.5. The van der Waals surface area contributed by atoms with Crippen LogP contribution in [0.5, 0.6) is 5.75 Å². The van der Waals surface area contributed by atoms with Gasteiger partial charge in [-0.2, -0.15) is 0 Å². The molecule has 33 heavy (non-hydrogen) atoms. The summed E-state index contributed by atoms with van der Waals surface area (Å²) in [5.41, 5.74) is 3.38. The SMILES string of the molecule is O=C1COc2ccc(C(=O)N3CCC(C(c4ccccc4)c4ccc(F)cc4)CC3)cc2N1. The Morgan fingerprint density at radius 2 is 1.67 bits per heavy atom. The van der Waals surface area contributed by atoms with E-state index in [1.807, 2.05) is 35.2 Å². The summed E-state index contributed by atoms with van der Waals surface area (Å²) in [5.74, 6) is 0.570. The van der Waals surface area contributed by atoms with Crippen LogP contribution < -0.4 is 10.1 Å². The fourth-order valence-corrected chi connectivity index (χ4v) is 4.90. The van der Waals surface area contributed by atoms with Gasteiger partial charge in [-0.25, -0.2) is 4.39 Å². The van der Waals surface area contributed by atoms with E-state index in [1.165, 1.54) is 17.7 Å². The number of carbonyl (C=O) groups is 2. The summed E-state index contributed by atoms with van der Waals surface area (Å²) >= 11 is 0. The van der Waals surface area contributed by atoms with Crippen molar-refractivity contribution in [1.82, 2.24) is 4.90 Å². The molecule has 2 aliphatic heterocycles. The minimum atomic E-state index is -0.238. The molecule has 1 saturated heterocycles. The molecule has 1 fully saturated rings. The number of nitrogens with one attached hydrogen (secondary N) is 1. The Kier molecular flexibility index (Phi) is 5.82. The second kappa shape index (κ2) is 9.06. The van der Waals surface area contributed by atoms with Crippen LogP contribution in [-0.4, -0.2) is 36.4 Å². The van der Waals surface area contributed by atoms with Gasteiger partial charge in [0.1, 0.15) is 11.6 Å². The zero-order valence-electron chi connectivity index (χ0n) is 18.2. The fourth-order valence-electron chi connectivity index (χ4n) is 4.90. The number of likely N-dealkylation sites (tertiary alicyclic amines) is 1. The van der Waals surface area contributed by atoms with Crippen LogP contribution >= 0.6 is 0 Å². The first-order valence-electron chi connectivity index (χ1n) is 11.2. The maximum Gasteiger partial charge on any atom is 0.262 e. The summed E-state index contributed by atoms with van der Waals surface area (Å²) in [6, 6.07) is 22.2. The Labute approximate surface area is 192 Å². The van der Waals surface area contributed by atoms with Crippen molar-refractivity contribution < 1.29 is 18.7 Å². The zero-order chi connectivity index (χ0) is 22.8. The standard InChI is InChI=1S/C27H25FN2O3/c28-22-9-6-19(7-10-22)26(18-4-2-1-3-5-18)20-12-14-30(15-13-20)27(32)21-8-11-24-23(16-21)29-25(31)17-33-24/h1-11,16,20,26H,12-15,17H2,(H,29,31). The first-order chi connectivity index (χ1) is 16.1. The number of ether oxygens (including phenoxy) is 1. The van der Waals surface area contributed by atoms with Gasteiger partial charge in [0.25, 0.3) is 11.8 Å². The number of nitrogens with zero attached hydrogens (tertiary/aromatic N) is 1. The molecule has 5 nitrogen and oxygen atoms in total. The predicted molar refractivity (Wildman–Crippen MR) is 124 cm³/mol. The van der Waals surface area contributed by atoms with Crippen LogP contribution in [-0.2, 0) is 4.79 Å². The molecule has 1 unspecified atom stereocenters. The average molecular weight is 445 g/mol. The molecule has 0 saturated carbocycles. The van der Waals surface area contributed by atoms with Crippen LogP contribution in [0.1, 0.15) is 40.2 Å². The molecule has 2 aliphatic rings. The molecular formula is C27H25FN2O3. The van der Waals surface area contributed by atoms with Gasteiger partial charge in [0.15, 0.2) is 6.61 Å². The number of amides is 2. The third kappa shape index (κ3) is 4.46. The van der Waals surface area contributed by atoms with Crippen molar-refractivity contribution in [2.75, 3.05) is 25.0 Å². The third-order valence-corrected chi connectivity index (χ3v) is 6.55. The molecule has 0 aliphatic carbocycles. The highest BCUT2D eigenvalue weighted by Gasteiger charge is 2.31. The van der Waals surface area contributed by atoms with Crippen molar-refractivity contribution in [1.29, 1.82) is 0 Å². The lowest BCUT2D eigenvalue weighted by Crippen LogP contribution is -2.40. The Balaban J connectivity index is 1.32. The number of benzene rings is 3. The van der Waals surface area contributed by atoms with Crippen molar-refractivity contribution in [2.45, 2.75) is 18.8 Å². The van der Waals surface area contributed by atoms with Crippen molar-refractivity contribution >= 4 is 17.5 Å². The predicted octanol–water partition coefficient (Wildman–Crippen LogP) is 4.84. The lowest BCUT2D eigenvalue weighted by molar-refractivity contribution is -0.118. The molecule has 5 rings (SSSR count). The van der Waals surface area contributed by atoms with Crippen molar-refractivity contribution in [3.63, 3.8) is 0 Å². The molecule has 3 aromatic carbocycles. The molecule has 0 aromatic heterocycles. The van der Waals surface area contributed by atoms with Crippen molar-refractivity contribution in [3.8, 4) is 5.75 Å². The highest BCUT2D eigenvalue weighted by molar-refractivity contribution is 5.99. The summed E-state index contributed by atoms with van der Waals surface area (Å²) in [6.07, 6.45) is 1.71. The van der Waals surface area contributed by atoms with E-state index in [2.05, 4.69) is 17.4 Å². The Hall–Kier alpha value is -3.67. The van der Waals surface area contributed by atoms with Gasteiger partial charge in [-0.3, -0.25) is 9.59 Å². The quantitative estimate of drug-likeness (QED) is 0.626. The van der Waals surface area contributed by atoms with E-state index in [4.69, 9.17) is 4.74 Å². The molecule has 168 valence electrons. The summed E-state index contributed by atoms with van der Waals surface area (Å²) in [7, 11) is 0. The second-order valence-electron chi connectivity index (χ2n) is 8.62. The van der Waals surface area contributed by atoms with Gasteiger partial charge in [-0.1, -0.05) is 42.5 Å². The van der Waals surface area contributed by atoms with E-state index in [-0.39, 0.29) is 30.2 Å². The summed E-state index contributed by atoms with van der Waals surface area (Å²) in [5, 5.41) is 2.76. The van der Waals surface area contributed by atoms with Crippen molar-refractivity contribution in [3.05, 3.63) is 95.3 Å². The molecule has 0 radical (unpaired) electrons. The molecule has 2 heterocycles. The molecular weight excluding hydrogens is 419 g/mol. The van der Waals surface area contributed by atoms with Gasteiger partial charge in [0, 0.05) is 24.6 Å². The summed E-state index contributed by atoms with van der Waals surface area (Å²) in [6.45, 7) is 1.28. The number of halogens is 1. The number of hydrogen-bond acceptors (Lipinski definition) is 3. The van der Waals surface area contributed by atoms with Crippen LogP contribution in [0.3, 0.4) is 0 Å². The van der Waals surface area contributed by atoms with Crippen LogP contribution in [0.25, 0.3) is 0 Å². The Morgan fingerprint density at radius 1 is 0.970 bits per heavy atom. The normalized spacial score (nSPS) is 17.0. The van der Waals surface area contributed by atoms with E-state index in [9.17, 15) is 14.0 Å². The van der Waals surface area contributed by atoms with Crippen LogP contribution in [0.2, 0.25) is 0 Å². The molecule has 1 atom stereocenters. The summed E-state index contributed by atoms with van der Waals surface area (Å²) < 4.78 is 18.9. The van der Waals surface area contributed by atoms with E-state index in [1.54, 1.807) is 18.2 Å². The molecule has 0 bridgehead atoms. The van der Waals surface area contributed by atoms with E-state index in [0.717, 1.165) is 18.4 Å². The average Bonchev–Trinajstić information content (AvgIpc) is 2.85. The number of fused-ring (bicyclic) bond motifs is 1. The maximum absolute atomic E-state index is 13.5. The van der Waals surface area contributed by atoms with E-state index < -0.39 is 0 Å². The van der Waals surface area contributed by atoms with Gasteiger partial charge in [0.05, 0.1) is 5.69 Å². The first-order valence-corrected chi connectivity index (χ1v) is 11.2. The van der Waals surface area contributed by atoms with Crippen LogP contribution in [0.15, 0.2) is 72.8 Å². The number of rotatable bonds is 4. The highest BCUT2D eigenvalue weighted by atomic mass is 19.1. The molecule has 6 heteroatoms. The van der Waals surface area contributed by atoms with Crippen molar-refractivity contribution in [2.24, 2.45) is 5.92 Å². The highest BCUT2D eigenvalue weighted by Crippen LogP contribution is 2.38. The van der Waals surface area contributed by atoms with Gasteiger partial charge in [0.2, 0.25) is 0 Å². The van der Waals surface area contributed by atoms with E-state index >= 15 is 0 Å². The summed E-state index contributed by atoms with van der Waals surface area (Å²) in [4.78, 5) is 26.6. The number of carbonyl (C=O) groups excluding carboxylic acids is 2. The van der Waals surface area contributed by atoms with Gasteiger partial charge in [-0.05, 0) is 60.2 Å². The van der Waals surface area contributed by atoms with Gasteiger partial charge >= 0.3 is 0 Å². The zero-order valence-corrected chi connectivity index (χ0v) is 18.2. The third-order valence-electron chi connectivity index (χ3n) is 6.55. The molecule has 1 N–H and O–H groups in total. The lowest BCUT2D eigenvalue weighted by atomic mass is 9.76. The first kappa shape index (κ1) is 21.2. The smallest absolute Gasteiger partial charge is 0.262 e. The minimum absolute atomic E-state index is 0.00948. The monoisotopic (exact) mass is 444 g/mol. The van der Waals surface area contributed by atoms with E-state index in [0.29, 0.717) is 36.0 Å². The topological polar surface area (TPSA) is 58.6 Å². The van der Waals surface area contributed by atoms with Crippen LogP contribution in [0, 0.1) is 11.7 Å². The fraction of sp³-hybridized carbons (Fsp3) is 0.259. The van der Waals surface area contributed by atoms with Gasteiger partial charge in [-0.15, -0.1) is 0 Å². The Morgan fingerprint density at radius 3 is 2.39 bits per heavy atom. The lowest BCUT2D eigenvalue weighted by Gasteiger charge is -2.37. The van der Waals surface area contributed by atoms with Crippen LogP contribution in [0.4, 0.5) is 10.1 Å². The number of piperidine rings is 1. The second-order valence-corrected chi connectivity index (χ2v) is 8.62. The molecule has 2 amide bonds. The van der Waals surface area contributed by atoms with Gasteiger partial charge < -0.3 is 15.0 Å². The number of hydrogen-bond donors (Lipinski definition) is 1. The minimum Gasteiger partial charge on any atom is -0.482 e. The molecule has 0 spiro atoms.